The van der Waals surface area contributed by atoms with E-state index < -0.39 is 0 Å². The molecule has 166 valence electrons. The first-order valence-corrected chi connectivity index (χ1v) is 10.5. The van der Waals surface area contributed by atoms with Gasteiger partial charge >= 0.3 is 0 Å². The second kappa shape index (κ2) is 10.1. The van der Waals surface area contributed by atoms with E-state index in [9.17, 15) is 10.5 Å². The van der Waals surface area contributed by atoms with Crippen LogP contribution in [0.3, 0.4) is 0 Å². The van der Waals surface area contributed by atoms with E-state index in [2.05, 4.69) is 17.2 Å². The number of para-hydroxylation sites is 1. The highest BCUT2D eigenvalue weighted by molar-refractivity contribution is 5.91. The standard InChI is InChI=1S/C27H21N5O2/c1-33-25-15-20(12-13-24(25)34-18-19-8-4-2-5-9-19)14-21(16-28)26-23(17-29)27(30)32(31-26)22-10-6-3-7-11-22/h2-15H,18,30H2,1H3. The van der Waals surface area contributed by atoms with Crippen molar-refractivity contribution in [3.8, 4) is 29.3 Å². The summed E-state index contributed by atoms with van der Waals surface area (Å²) >= 11 is 0. The van der Waals surface area contributed by atoms with Crippen molar-refractivity contribution in [2.45, 2.75) is 6.61 Å². The Morgan fingerprint density at radius 2 is 1.71 bits per heavy atom. The van der Waals surface area contributed by atoms with Crippen molar-refractivity contribution in [3.05, 3.63) is 101 Å². The Balaban J connectivity index is 1.67. The van der Waals surface area contributed by atoms with Crippen LogP contribution in [0.4, 0.5) is 5.82 Å². The van der Waals surface area contributed by atoms with E-state index in [1.807, 2.05) is 66.7 Å². The number of allylic oxidation sites excluding steroid dienone is 1. The Morgan fingerprint density at radius 1 is 1.00 bits per heavy atom. The number of ether oxygens (including phenoxy) is 2. The summed E-state index contributed by atoms with van der Waals surface area (Å²) in [6, 6.07) is 28.6. The van der Waals surface area contributed by atoms with Gasteiger partial charge in [-0.05, 0) is 41.5 Å². The van der Waals surface area contributed by atoms with Gasteiger partial charge in [0.2, 0.25) is 0 Å². The van der Waals surface area contributed by atoms with E-state index in [1.165, 1.54) is 4.68 Å². The molecule has 0 atom stereocenters. The molecule has 0 fully saturated rings. The molecule has 7 nitrogen and oxygen atoms in total. The van der Waals surface area contributed by atoms with Crippen LogP contribution in [-0.4, -0.2) is 16.9 Å². The van der Waals surface area contributed by atoms with Gasteiger partial charge < -0.3 is 15.2 Å². The lowest BCUT2D eigenvalue weighted by molar-refractivity contribution is 0.284. The van der Waals surface area contributed by atoms with Crippen molar-refractivity contribution < 1.29 is 9.47 Å². The molecule has 1 aromatic heterocycles. The second-order valence-electron chi connectivity index (χ2n) is 7.32. The smallest absolute Gasteiger partial charge is 0.161 e. The number of rotatable bonds is 7. The molecule has 0 aliphatic heterocycles. The number of hydrogen-bond donors (Lipinski definition) is 1. The molecule has 0 aliphatic rings. The van der Waals surface area contributed by atoms with E-state index in [1.54, 1.807) is 25.3 Å². The molecule has 0 saturated carbocycles. The summed E-state index contributed by atoms with van der Waals surface area (Å²) in [5, 5.41) is 24.0. The number of nitrogens with zero attached hydrogens (tertiary/aromatic N) is 4. The van der Waals surface area contributed by atoms with Crippen molar-refractivity contribution in [2.24, 2.45) is 0 Å². The zero-order valence-corrected chi connectivity index (χ0v) is 18.5. The Kier molecular flexibility index (Phi) is 6.58. The summed E-state index contributed by atoms with van der Waals surface area (Å²) in [4.78, 5) is 0. The van der Waals surface area contributed by atoms with Crippen LogP contribution in [0.2, 0.25) is 0 Å². The molecular weight excluding hydrogens is 426 g/mol. The van der Waals surface area contributed by atoms with Gasteiger partial charge in [0.25, 0.3) is 0 Å². The summed E-state index contributed by atoms with van der Waals surface area (Å²) in [7, 11) is 1.55. The van der Waals surface area contributed by atoms with Gasteiger partial charge in [-0.2, -0.15) is 15.6 Å². The quantitative estimate of drug-likeness (QED) is 0.400. The third-order valence-electron chi connectivity index (χ3n) is 5.15. The van der Waals surface area contributed by atoms with Gasteiger partial charge in [-0.1, -0.05) is 54.6 Å². The van der Waals surface area contributed by atoms with Crippen molar-refractivity contribution >= 4 is 17.5 Å². The highest BCUT2D eigenvalue weighted by atomic mass is 16.5. The van der Waals surface area contributed by atoms with Crippen molar-refractivity contribution in [3.63, 3.8) is 0 Å². The van der Waals surface area contributed by atoms with Crippen LogP contribution in [0.1, 0.15) is 22.4 Å². The summed E-state index contributed by atoms with van der Waals surface area (Å²) in [5.74, 6) is 1.28. The lowest BCUT2D eigenvalue weighted by Crippen LogP contribution is -2.02. The van der Waals surface area contributed by atoms with Crippen molar-refractivity contribution in [2.75, 3.05) is 12.8 Å². The van der Waals surface area contributed by atoms with Gasteiger partial charge in [-0.15, -0.1) is 0 Å². The first-order chi connectivity index (χ1) is 16.6. The Morgan fingerprint density at radius 3 is 2.35 bits per heavy atom. The second-order valence-corrected chi connectivity index (χ2v) is 7.32. The molecule has 4 aromatic rings. The minimum absolute atomic E-state index is 0.145. The van der Waals surface area contributed by atoms with Gasteiger partial charge in [-0.3, -0.25) is 0 Å². The first kappa shape index (κ1) is 22.2. The molecule has 2 N–H and O–H groups in total. The average molecular weight is 447 g/mol. The number of benzene rings is 3. The van der Waals surface area contributed by atoms with Crippen molar-refractivity contribution in [1.29, 1.82) is 10.5 Å². The topological polar surface area (TPSA) is 110 Å². The molecule has 0 aliphatic carbocycles. The number of nitrogen functional groups attached to an aromatic ring is 1. The van der Waals surface area contributed by atoms with Crippen LogP contribution in [0.5, 0.6) is 11.5 Å². The normalized spacial score (nSPS) is 10.9. The first-order valence-electron chi connectivity index (χ1n) is 10.5. The average Bonchev–Trinajstić information content (AvgIpc) is 3.23. The summed E-state index contributed by atoms with van der Waals surface area (Å²) in [6.45, 7) is 0.400. The largest absolute Gasteiger partial charge is 0.493 e. The van der Waals surface area contributed by atoms with Crippen molar-refractivity contribution in [1.82, 2.24) is 9.78 Å². The molecule has 0 unspecified atom stereocenters. The number of methoxy groups -OCH3 is 1. The maximum atomic E-state index is 9.85. The van der Waals surface area contributed by atoms with E-state index in [0.29, 0.717) is 29.4 Å². The maximum absolute atomic E-state index is 9.85. The molecule has 0 radical (unpaired) electrons. The fourth-order valence-electron chi connectivity index (χ4n) is 3.44. The van der Waals surface area contributed by atoms with Crippen LogP contribution in [0.15, 0.2) is 78.9 Å². The van der Waals surface area contributed by atoms with Crippen LogP contribution in [0, 0.1) is 22.7 Å². The summed E-state index contributed by atoms with van der Waals surface area (Å²) in [6.07, 6.45) is 1.64. The predicted molar refractivity (Wildman–Crippen MR) is 130 cm³/mol. The number of nitriles is 2. The van der Waals surface area contributed by atoms with E-state index in [-0.39, 0.29) is 22.6 Å². The predicted octanol–water partition coefficient (Wildman–Crippen LogP) is 4.98. The van der Waals surface area contributed by atoms with Crippen LogP contribution < -0.4 is 15.2 Å². The number of nitrogens with two attached hydrogens (primary N) is 1. The molecule has 3 aromatic carbocycles. The fourth-order valence-corrected chi connectivity index (χ4v) is 3.44. The molecule has 0 saturated heterocycles. The molecule has 34 heavy (non-hydrogen) atoms. The third-order valence-corrected chi connectivity index (χ3v) is 5.15. The Bertz CT molecular complexity index is 1410. The summed E-state index contributed by atoms with van der Waals surface area (Å²) in [5.41, 5.74) is 9.18. The monoisotopic (exact) mass is 447 g/mol. The molecule has 0 amide bonds. The van der Waals surface area contributed by atoms with E-state index >= 15 is 0 Å². The zero-order valence-electron chi connectivity index (χ0n) is 18.5. The van der Waals surface area contributed by atoms with E-state index in [4.69, 9.17) is 15.2 Å². The van der Waals surface area contributed by atoms with Crippen LogP contribution in [0.25, 0.3) is 17.3 Å². The minimum Gasteiger partial charge on any atom is -0.493 e. The van der Waals surface area contributed by atoms with E-state index in [0.717, 1.165) is 5.56 Å². The Labute approximate surface area is 197 Å². The van der Waals surface area contributed by atoms with Crippen LogP contribution >= 0.6 is 0 Å². The van der Waals surface area contributed by atoms with Gasteiger partial charge in [0.1, 0.15) is 35.8 Å². The molecule has 0 bridgehead atoms. The lowest BCUT2D eigenvalue weighted by atomic mass is 10.1. The molecule has 7 heteroatoms. The van der Waals surface area contributed by atoms with Gasteiger partial charge in [0.05, 0.1) is 18.4 Å². The highest BCUT2D eigenvalue weighted by Gasteiger charge is 2.20. The highest BCUT2D eigenvalue weighted by Crippen LogP contribution is 2.32. The number of hydrogen-bond acceptors (Lipinski definition) is 6. The lowest BCUT2D eigenvalue weighted by Gasteiger charge is -2.11. The third kappa shape index (κ3) is 4.59. The number of anilines is 1. The Hall–Kier alpha value is -5.01. The molecular formula is C27H21N5O2. The minimum atomic E-state index is 0.145. The van der Waals surface area contributed by atoms with Gasteiger partial charge in [-0.25, -0.2) is 4.68 Å². The zero-order chi connectivity index (χ0) is 23.9. The van der Waals surface area contributed by atoms with Gasteiger partial charge in [0, 0.05) is 0 Å². The van der Waals surface area contributed by atoms with Gasteiger partial charge in [0.15, 0.2) is 11.5 Å². The SMILES string of the molecule is COc1cc(C=C(C#N)c2nn(-c3ccccc3)c(N)c2C#N)ccc1OCc1ccccc1. The summed E-state index contributed by atoms with van der Waals surface area (Å²) < 4.78 is 12.9. The van der Waals surface area contributed by atoms with Crippen LogP contribution in [-0.2, 0) is 6.61 Å². The molecule has 0 spiro atoms. The maximum Gasteiger partial charge on any atom is 0.161 e. The molecule has 1 heterocycles. The fraction of sp³-hybridized carbons (Fsp3) is 0.0741. The number of aromatic nitrogens is 2. The molecule has 4 rings (SSSR count).